The fourth-order valence-corrected chi connectivity index (χ4v) is 13.0. The second-order valence-electron chi connectivity index (χ2n) is 25.7. The Kier molecular flexibility index (Phi) is 13.7. The summed E-state index contributed by atoms with van der Waals surface area (Å²) in [5, 5.41) is 2.22. The first-order chi connectivity index (χ1) is 40.5. The average molecular weight is 1280 g/mol. The van der Waals surface area contributed by atoms with Gasteiger partial charge in [0.15, 0.2) is 0 Å². The van der Waals surface area contributed by atoms with Gasteiger partial charge in [0.05, 0.1) is 5.41 Å². The Balaban J connectivity index is 0.00000672. The van der Waals surface area contributed by atoms with Gasteiger partial charge in [0.1, 0.15) is 5.82 Å². The van der Waals surface area contributed by atoms with Crippen LogP contribution in [0.5, 0.6) is 11.5 Å². The van der Waals surface area contributed by atoms with Crippen molar-refractivity contribution in [3.05, 3.63) is 294 Å². The molecule has 0 amide bonds. The van der Waals surface area contributed by atoms with Crippen molar-refractivity contribution in [3.63, 3.8) is 0 Å². The molecule has 0 saturated heterocycles. The van der Waals surface area contributed by atoms with Crippen molar-refractivity contribution in [2.24, 2.45) is 0 Å². The van der Waals surface area contributed by atoms with E-state index >= 15 is 0 Å². The minimum absolute atomic E-state index is 0. The maximum atomic E-state index is 6.82. The van der Waals surface area contributed by atoms with Crippen LogP contribution in [0, 0.1) is 18.8 Å². The van der Waals surface area contributed by atoms with Crippen molar-refractivity contribution in [1.29, 1.82) is 0 Å². The number of hydrogen-bond donors (Lipinski definition) is 0. The summed E-state index contributed by atoms with van der Waals surface area (Å²) in [5.74, 6) is 2.02. The Bertz CT molecular complexity index is 4460. The summed E-state index contributed by atoms with van der Waals surface area (Å²) >= 11 is 0. The van der Waals surface area contributed by atoms with Crippen molar-refractivity contribution in [3.8, 4) is 50.7 Å². The molecule has 422 valence electrons. The van der Waals surface area contributed by atoms with E-state index in [1.54, 1.807) is 0 Å². The predicted octanol–water partition coefficient (Wildman–Crippen LogP) is 20.6. The summed E-state index contributed by atoms with van der Waals surface area (Å²) in [4.78, 5) is 9.57. The average Bonchev–Trinajstić information content (AvgIpc) is 1.62. The summed E-state index contributed by atoms with van der Waals surface area (Å²) in [7, 11) is 0. The van der Waals surface area contributed by atoms with E-state index in [-0.39, 0.29) is 37.3 Å². The Morgan fingerprint density at radius 1 is 0.435 bits per heavy atom. The Labute approximate surface area is 515 Å². The van der Waals surface area contributed by atoms with Crippen LogP contribution in [0.25, 0.3) is 61.0 Å². The van der Waals surface area contributed by atoms with Crippen LogP contribution in [-0.2, 0) is 42.7 Å². The van der Waals surface area contributed by atoms with E-state index in [1.165, 1.54) is 55.6 Å². The second-order valence-corrected chi connectivity index (χ2v) is 25.7. The molecule has 1 aliphatic heterocycles. The standard InChI is InChI=1S/C79H67N4O.Pt/c1-76(2,3)55-42-43-80-74(48-55)83-70-37-18-15-32-66(70)67-41-40-61(50-73(67)83)84-60-29-22-28-59(49-60)81-51-82(72-39-20-19-38-71(72)81)75-62(33-23-34-63(75)53-45-57(77(4,5)6)47-58(46-53)78(7,8)9)52-24-21-27-56(44-52)79(54-25-11-10-12-26-54)68-35-16-13-30-64(68)65-31-14-17-36-69(65)79;/h10-48,51H,1-9H3;/q-3;. The molecule has 12 aromatic rings. The third kappa shape index (κ3) is 9.49. The molecule has 10 aromatic carbocycles. The first-order valence-corrected chi connectivity index (χ1v) is 29.3. The van der Waals surface area contributed by atoms with Gasteiger partial charge in [-0.15, -0.1) is 48.1 Å². The zero-order valence-corrected chi connectivity index (χ0v) is 51.9. The van der Waals surface area contributed by atoms with E-state index in [0.29, 0.717) is 11.5 Å². The number of aromatic nitrogens is 2. The normalized spacial score (nSPS) is 13.6. The Hall–Kier alpha value is -8.76. The van der Waals surface area contributed by atoms with E-state index in [1.807, 2.05) is 18.3 Å². The number of hydrogen-bond acceptors (Lipinski definition) is 4. The maximum Gasteiger partial charge on any atom is 0.135 e. The van der Waals surface area contributed by atoms with Crippen molar-refractivity contribution in [2.45, 2.75) is 84.0 Å². The van der Waals surface area contributed by atoms with Gasteiger partial charge in [0, 0.05) is 72.5 Å². The Morgan fingerprint density at radius 3 is 1.69 bits per heavy atom. The van der Waals surface area contributed by atoms with Gasteiger partial charge in [-0.05, 0) is 119 Å². The molecule has 3 heterocycles. The van der Waals surface area contributed by atoms with Gasteiger partial charge in [-0.1, -0.05) is 232 Å². The van der Waals surface area contributed by atoms with Crippen LogP contribution in [0.1, 0.15) is 101 Å². The van der Waals surface area contributed by atoms with Gasteiger partial charge in [0.2, 0.25) is 0 Å². The monoisotopic (exact) mass is 1280 g/mol. The molecule has 6 heteroatoms. The van der Waals surface area contributed by atoms with E-state index in [9.17, 15) is 0 Å². The molecule has 0 radical (unpaired) electrons. The van der Waals surface area contributed by atoms with Crippen molar-refractivity contribution >= 4 is 44.6 Å². The van der Waals surface area contributed by atoms with Crippen LogP contribution in [0.4, 0.5) is 22.7 Å². The van der Waals surface area contributed by atoms with Gasteiger partial charge in [0.25, 0.3) is 0 Å². The van der Waals surface area contributed by atoms with Crippen LogP contribution in [0.2, 0.25) is 0 Å². The number of anilines is 4. The Morgan fingerprint density at radius 2 is 1.00 bits per heavy atom. The quantitative estimate of drug-likeness (QED) is 0.135. The number of ether oxygens (including phenoxy) is 1. The van der Waals surface area contributed by atoms with Gasteiger partial charge < -0.3 is 19.1 Å². The number of rotatable bonds is 9. The SMILES string of the molecule is CC(C)(C)c1cc(-c2cccc(-c3cccc(C4(c5ccccc5)c5ccccc5-c5ccccc54)c3)c2N2[CH-]N(c3[c-]c(Oc4[c-]c5c(cc4)c4ccccc4n5-c4cc(C(C)(C)C)ccn4)ccc3)c3ccccc32)cc(C(C)(C)C)c1.[Pt]. The third-order valence-corrected chi connectivity index (χ3v) is 17.3. The molecule has 2 aliphatic rings. The minimum Gasteiger partial charge on any atom is -0.509 e. The molecule has 0 unspecified atom stereocenters. The van der Waals surface area contributed by atoms with E-state index in [0.717, 1.165) is 67.1 Å². The van der Waals surface area contributed by atoms with Gasteiger partial charge >= 0.3 is 0 Å². The number of para-hydroxylation sites is 4. The molecule has 0 saturated carbocycles. The van der Waals surface area contributed by atoms with Crippen LogP contribution in [0.15, 0.2) is 237 Å². The molecule has 0 N–H and O–H groups in total. The van der Waals surface area contributed by atoms with E-state index in [4.69, 9.17) is 9.72 Å². The number of benzene rings is 10. The van der Waals surface area contributed by atoms with Crippen molar-refractivity contribution in [1.82, 2.24) is 9.55 Å². The zero-order chi connectivity index (χ0) is 57.7. The summed E-state index contributed by atoms with van der Waals surface area (Å²) in [5.41, 5.74) is 21.1. The van der Waals surface area contributed by atoms with Crippen LogP contribution in [-0.4, -0.2) is 9.55 Å². The number of nitrogens with zero attached hydrogens (tertiary/aromatic N) is 4. The topological polar surface area (TPSA) is 33.5 Å². The van der Waals surface area contributed by atoms with Gasteiger partial charge in [-0.2, -0.15) is 12.1 Å². The molecule has 0 spiro atoms. The molecule has 0 fully saturated rings. The van der Waals surface area contributed by atoms with Gasteiger partial charge in [-0.25, -0.2) is 4.98 Å². The largest absolute Gasteiger partial charge is 0.509 e. The fraction of sp³-hybridized carbons (Fsp3) is 0.165. The molecular formula is C79H67N4OPt-3. The van der Waals surface area contributed by atoms with Crippen molar-refractivity contribution < 1.29 is 25.8 Å². The van der Waals surface area contributed by atoms with E-state index < -0.39 is 5.41 Å². The first kappa shape index (κ1) is 55.4. The number of pyridine rings is 1. The molecule has 0 bridgehead atoms. The van der Waals surface area contributed by atoms with Crippen LogP contribution in [0.3, 0.4) is 0 Å². The van der Waals surface area contributed by atoms with Crippen molar-refractivity contribution in [2.75, 3.05) is 9.80 Å². The predicted molar refractivity (Wildman–Crippen MR) is 349 cm³/mol. The summed E-state index contributed by atoms with van der Waals surface area (Å²) < 4.78 is 9.03. The fourth-order valence-electron chi connectivity index (χ4n) is 13.0. The summed E-state index contributed by atoms with van der Waals surface area (Å²) in [6, 6.07) is 91.8. The van der Waals surface area contributed by atoms with E-state index in [2.05, 4.69) is 314 Å². The third-order valence-electron chi connectivity index (χ3n) is 17.3. The van der Waals surface area contributed by atoms with Gasteiger partial charge in [-0.3, -0.25) is 0 Å². The van der Waals surface area contributed by atoms with Crippen LogP contribution < -0.4 is 14.5 Å². The molecule has 1 aliphatic carbocycles. The number of fused-ring (bicyclic) bond motifs is 7. The molecule has 5 nitrogen and oxygen atoms in total. The first-order valence-electron chi connectivity index (χ1n) is 29.3. The zero-order valence-electron chi connectivity index (χ0n) is 49.6. The molecular weight excluding hydrogens is 1220 g/mol. The molecule has 0 atom stereocenters. The second kappa shape index (κ2) is 21.1. The minimum atomic E-state index is -0.561. The molecule has 85 heavy (non-hydrogen) atoms. The molecule has 2 aromatic heterocycles. The summed E-state index contributed by atoms with van der Waals surface area (Å²) in [6.07, 6.45) is 1.91. The molecule has 14 rings (SSSR count). The maximum absolute atomic E-state index is 6.82. The smallest absolute Gasteiger partial charge is 0.135 e. The van der Waals surface area contributed by atoms with Crippen LogP contribution >= 0.6 is 0 Å². The summed E-state index contributed by atoms with van der Waals surface area (Å²) in [6.45, 7) is 22.9.